The Morgan fingerprint density at radius 1 is 0.316 bits per heavy atom. The van der Waals surface area contributed by atoms with Gasteiger partial charge in [0, 0.05) is 101 Å². The van der Waals surface area contributed by atoms with Gasteiger partial charge in [0.05, 0.1) is 37.2 Å². The van der Waals surface area contributed by atoms with E-state index >= 15 is 0 Å². The van der Waals surface area contributed by atoms with E-state index in [1.807, 2.05) is 84.1 Å². The Bertz CT molecular complexity index is 6700. The minimum absolute atomic E-state index is 0.0466. The molecule has 0 saturated heterocycles. The first kappa shape index (κ1) is 76.3. The van der Waals surface area contributed by atoms with Crippen molar-refractivity contribution >= 4 is 215 Å². The number of anilines is 10. The van der Waals surface area contributed by atoms with Crippen LogP contribution in [0.2, 0.25) is 15.1 Å². The Morgan fingerprint density at radius 3 is 1.19 bits per heavy atom. The molecule has 0 saturated carbocycles. The van der Waals surface area contributed by atoms with Crippen LogP contribution in [0.4, 0.5) is 56.9 Å². The van der Waals surface area contributed by atoms with Crippen molar-refractivity contribution in [1.29, 1.82) is 0 Å². The van der Waals surface area contributed by atoms with Crippen LogP contribution in [0, 0.1) is 13.8 Å². The maximum Gasteiger partial charge on any atom is 0.137 e. The zero-order valence-corrected chi connectivity index (χ0v) is 71.1. The minimum Gasteiger partial charge on any atom is -0.456 e. The van der Waals surface area contributed by atoms with Gasteiger partial charge >= 0.3 is 0 Å². The quantitative estimate of drug-likeness (QED) is 0.145. The van der Waals surface area contributed by atoms with Gasteiger partial charge in [-0.3, -0.25) is 0 Å². The summed E-state index contributed by atoms with van der Waals surface area (Å²) in [5.74, 6) is 0. The molecule has 14 aromatic carbocycles. The lowest BCUT2D eigenvalue weighted by molar-refractivity contribution is 0.332. The molecule has 6 nitrogen and oxygen atoms in total. The lowest BCUT2D eigenvalue weighted by Gasteiger charge is -2.42. The van der Waals surface area contributed by atoms with Crippen molar-refractivity contribution in [3.05, 3.63) is 344 Å². The summed E-state index contributed by atoms with van der Waals surface area (Å²) in [7, 11) is 0. The topological polar surface area (TPSA) is 62.0 Å². The van der Waals surface area contributed by atoms with E-state index in [1.54, 1.807) is 11.3 Å². The molecule has 2 aliphatic rings. The van der Waals surface area contributed by atoms with Gasteiger partial charge in [-0.2, -0.15) is 0 Å². The van der Waals surface area contributed by atoms with Crippen LogP contribution < -0.4 is 20.4 Å². The number of hydrogen-bond acceptors (Lipinski definition) is 8. The maximum atomic E-state index is 6.77. The number of nitrogens with zero attached hydrogens (tertiary/aromatic N) is 3. The number of nitrogens with two attached hydrogens (primary N) is 1. The second kappa shape index (κ2) is 30.5. The van der Waals surface area contributed by atoms with Crippen LogP contribution in [0.5, 0.6) is 0 Å². The zero-order valence-electron chi connectivity index (χ0n) is 65.6. The summed E-state index contributed by atoms with van der Waals surface area (Å²) in [6, 6.07) is 103. The third kappa shape index (κ3) is 14.6. The van der Waals surface area contributed by atoms with E-state index in [0.717, 1.165) is 133 Å². The second-order valence-corrected chi connectivity index (χ2v) is 37.3. The summed E-state index contributed by atoms with van der Waals surface area (Å²) < 4.78 is 18.8. The van der Waals surface area contributed by atoms with Crippen LogP contribution in [-0.2, 0) is 21.7 Å². The highest BCUT2D eigenvalue weighted by Crippen LogP contribution is 2.54. The van der Waals surface area contributed by atoms with E-state index in [4.69, 9.17) is 49.4 Å². The summed E-state index contributed by atoms with van der Waals surface area (Å²) >= 11 is 25.9. The molecule has 0 fully saturated rings. The average molecular weight is 1650 g/mol. The molecule has 18 aromatic rings. The van der Waals surface area contributed by atoms with Crippen molar-refractivity contribution < 1.29 is 8.83 Å². The molecule has 0 radical (unpaired) electrons. The third-order valence-electron chi connectivity index (χ3n) is 23.2. The maximum absolute atomic E-state index is 6.77. The number of aryl methyl sites for hydroxylation is 2. The molecule has 0 aliphatic heterocycles. The highest BCUT2D eigenvalue weighted by Gasteiger charge is 2.40. The highest BCUT2D eigenvalue weighted by atomic mass is 79.9. The SMILES string of the molecule is Cc1cc(Cl)cc(N(c2ccc3c(c2)C(C)(C)CCC3(C)C)c2cccc3oc4ccccc4c23)c1.Cc1cc(N(c2cccc(Cl)c2)c2cccc3c2sc2ccccc23)cc(N(c2ccc3c(c2)C(C)(C)CCC3(C)C)c2cccc3oc4ccccc4c23)c1.Clc1cccc(Br)c1.Nc1cccc2c1sc1ccccc12. The fraction of sp³-hybridized carbons (Fsp3) is 0.176. The Labute approximate surface area is 698 Å². The van der Waals surface area contributed by atoms with E-state index in [9.17, 15) is 0 Å². The predicted octanol–water partition coefficient (Wildman–Crippen LogP) is 33.3. The molecular formula is C102H88BrCl3N4O2S2. The van der Waals surface area contributed by atoms with Gasteiger partial charge in [0.2, 0.25) is 0 Å². The van der Waals surface area contributed by atoms with Crippen molar-refractivity contribution in [2.75, 3.05) is 20.4 Å². The minimum atomic E-state index is 0.0466. The number of rotatable bonds is 9. The molecule has 20 rings (SSSR count). The molecule has 0 atom stereocenters. The molecule has 12 heteroatoms. The molecule has 114 heavy (non-hydrogen) atoms. The van der Waals surface area contributed by atoms with Crippen molar-refractivity contribution in [3.8, 4) is 0 Å². The normalized spacial score (nSPS) is 14.4. The van der Waals surface area contributed by atoms with Gasteiger partial charge in [0.15, 0.2) is 0 Å². The van der Waals surface area contributed by atoms with Gasteiger partial charge in [-0.1, -0.05) is 240 Å². The highest BCUT2D eigenvalue weighted by molar-refractivity contribution is 9.10. The first-order valence-electron chi connectivity index (χ1n) is 39.0. The first-order valence-corrected chi connectivity index (χ1v) is 42.5. The van der Waals surface area contributed by atoms with Crippen molar-refractivity contribution in [1.82, 2.24) is 0 Å². The zero-order chi connectivity index (χ0) is 79.1. The number of halogens is 4. The lowest BCUT2D eigenvalue weighted by atomic mass is 9.63. The molecule has 0 unspecified atom stereocenters. The molecular weight excluding hydrogens is 1560 g/mol. The second-order valence-electron chi connectivity index (χ2n) is 33.0. The lowest BCUT2D eigenvalue weighted by Crippen LogP contribution is -2.34. The van der Waals surface area contributed by atoms with E-state index < -0.39 is 0 Å². The first-order chi connectivity index (χ1) is 54.8. The van der Waals surface area contributed by atoms with Crippen molar-refractivity contribution in [2.45, 2.75) is 117 Å². The molecule has 4 heterocycles. The number of benzene rings is 14. The van der Waals surface area contributed by atoms with Gasteiger partial charge < -0.3 is 29.3 Å². The molecule has 2 aliphatic carbocycles. The van der Waals surface area contributed by atoms with E-state index in [-0.39, 0.29) is 21.7 Å². The molecule has 568 valence electrons. The average Bonchev–Trinajstić information content (AvgIpc) is 1.62. The van der Waals surface area contributed by atoms with Crippen molar-refractivity contribution in [2.24, 2.45) is 0 Å². The molecule has 0 amide bonds. The number of furan rings is 2. The smallest absolute Gasteiger partial charge is 0.137 e. The van der Waals surface area contributed by atoms with Gasteiger partial charge in [0.25, 0.3) is 0 Å². The Hall–Kier alpha value is -10.3. The number of nitrogen functional groups attached to an aromatic ring is 1. The van der Waals surface area contributed by atoms with Crippen LogP contribution in [0.1, 0.15) is 114 Å². The summed E-state index contributed by atoms with van der Waals surface area (Å²) in [6.45, 7) is 23.4. The van der Waals surface area contributed by atoms with Crippen LogP contribution in [-0.4, -0.2) is 0 Å². The largest absolute Gasteiger partial charge is 0.456 e. The van der Waals surface area contributed by atoms with Crippen LogP contribution in [0.3, 0.4) is 0 Å². The molecule has 2 N–H and O–H groups in total. The van der Waals surface area contributed by atoms with Crippen molar-refractivity contribution in [3.63, 3.8) is 0 Å². The fourth-order valence-electron chi connectivity index (χ4n) is 17.2. The summed E-state index contributed by atoms with van der Waals surface area (Å²) in [4.78, 5) is 7.18. The summed E-state index contributed by atoms with van der Waals surface area (Å²) in [5, 5.41) is 11.7. The Morgan fingerprint density at radius 2 is 0.693 bits per heavy atom. The number of thiophene rings is 2. The Balaban J connectivity index is 0.000000136. The summed E-state index contributed by atoms with van der Waals surface area (Å²) in [5.41, 5.74) is 28.6. The molecule has 0 bridgehead atoms. The number of fused-ring (bicyclic) bond motifs is 14. The van der Waals surface area contributed by atoms with E-state index in [0.29, 0.717) is 5.02 Å². The van der Waals surface area contributed by atoms with Crippen LogP contribution in [0.15, 0.2) is 304 Å². The molecule has 4 aromatic heterocycles. The predicted molar refractivity (Wildman–Crippen MR) is 497 cm³/mol. The van der Waals surface area contributed by atoms with Crippen LogP contribution in [0.25, 0.3) is 84.2 Å². The molecule has 0 spiro atoms. The van der Waals surface area contributed by atoms with Gasteiger partial charge in [-0.25, -0.2) is 0 Å². The van der Waals surface area contributed by atoms with Gasteiger partial charge in [-0.15, -0.1) is 22.7 Å². The van der Waals surface area contributed by atoms with E-state index in [1.165, 1.54) is 81.9 Å². The third-order valence-corrected chi connectivity index (χ3v) is 26.8. The van der Waals surface area contributed by atoms with Gasteiger partial charge in [-0.05, 0) is 252 Å². The standard InChI is InChI=1S/C51H43ClN2OS.C33H32ClNO.C12H9NS.C6H4BrCl/c1-32-27-36(30-37(28-32)54(34-14-10-13-33(52)29-34)44-19-11-17-39-38-15-7-9-22-47(38)56-49(39)44)53(35-23-24-41-42(31-35)51(4,5)26-25-50(41,2)3)43-18-12-21-46-48(43)40-16-6-8-20-45(40)55-46;1-21-17-22(34)19-24(18-21)35(23-13-14-26-27(20-23)33(4,5)16-15-32(26,2)3)28-10-8-12-30-31(28)25-9-6-7-11-29(25)36-30;13-10-6-3-5-9-8-4-1-2-7-11(8)14-12(9)10;7-5-2-1-3-6(8)4-5/h6-24,27-31H,25-26H2,1-5H3;6-14,17-20H,15-16H2,1-5H3;1-7H,13H2;1-4H. The number of para-hydroxylation sites is 2. The summed E-state index contributed by atoms with van der Waals surface area (Å²) in [6.07, 6.45) is 4.69. The van der Waals surface area contributed by atoms with E-state index in [2.05, 4.69) is 318 Å². The monoisotopic (exact) mass is 1650 g/mol. The fourth-order valence-corrected chi connectivity index (χ4v) is 20.7. The van der Waals surface area contributed by atoms with Gasteiger partial charge in [0.1, 0.15) is 22.3 Å². The van der Waals surface area contributed by atoms with Crippen LogP contribution >= 0.6 is 73.4 Å². The number of hydrogen-bond donors (Lipinski definition) is 1. The Kier molecular flexibility index (Phi) is 20.4.